The fraction of sp³-hybridized carbons (Fsp3) is 0.533. The lowest BCUT2D eigenvalue weighted by Crippen LogP contribution is -2.52. The second kappa shape index (κ2) is 6.78. The first-order chi connectivity index (χ1) is 10.1. The Morgan fingerprint density at radius 3 is 2.95 bits per heavy atom. The average molecular weight is 294 g/mol. The van der Waals surface area contributed by atoms with Gasteiger partial charge in [0.2, 0.25) is 0 Å². The summed E-state index contributed by atoms with van der Waals surface area (Å²) in [5.74, 6) is 0.469. The minimum atomic E-state index is -0.329. The van der Waals surface area contributed by atoms with E-state index < -0.39 is 0 Å². The van der Waals surface area contributed by atoms with Gasteiger partial charge in [-0.15, -0.1) is 0 Å². The molecule has 1 saturated heterocycles. The monoisotopic (exact) mass is 294 g/mol. The van der Waals surface area contributed by atoms with Crippen LogP contribution in [0.25, 0.3) is 0 Å². The molecule has 1 aliphatic heterocycles. The number of carbonyl (C=O) groups is 1. The zero-order valence-corrected chi connectivity index (χ0v) is 12.4. The molecule has 2 rings (SSSR count). The average Bonchev–Trinajstić information content (AvgIpc) is 2.49. The van der Waals surface area contributed by atoms with Crippen LogP contribution < -0.4 is 10.5 Å². The number of carbonyl (C=O) groups excluding carboxylic acids is 1. The summed E-state index contributed by atoms with van der Waals surface area (Å²) in [5.41, 5.74) is 6.86. The fourth-order valence-electron chi connectivity index (χ4n) is 2.35. The summed E-state index contributed by atoms with van der Waals surface area (Å²) in [4.78, 5) is 14.3. The van der Waals surface area contributed by atoms with E-state index in [0.717, 1.165) is 0 Å². The first-order valence-corrected chi connectivity index (χ1v) is 7.12. The van der Waals surface area contributed by atoms with E-state index >= 15 is 0 Å². The molecule has 0 saturated carbocycles. The lowest BCUT2D eigenvalue weighted by atomic mass is 10.1. The summed E-state index contributed by atoms with van der Waals surface area (Å²) in [6.45, 7) is 5.03. The van der Waals surface area contributed by atoms with Crippen LogP contribution in [-0.2, 0) is 4.74 Å². The van der Waals surface area contributed by atoms with Gasteiger partial charge in [-0.3, -0.25) is 4.79 Å². The van der Waals surface area contributed by atoms with Crippen molar-refractivity contribution in [1.29, 1.82) is 0 Å². The normalized spacial score (nSPS) is 22.1. The van der Waals surface area contributed by atoms with Crippen LogP contribution in [0.3, 0.4) is 0 Å². The molecule has 2 unspecified atom stereocenters. The number of nitrogens with two attached hydrogens (primary N) is 1. The van der Waals surface area contributed by atoms with Crippen LogP contribution in [0.15, 0.2) is 18.2 Å². The van der Waals surface area contributed by atoms with Crippen molar-refractivity contribution < 1.29 is 19.4 Å². The Labute approximate surface area is 124 Å². The van der Waals surface area contributed by atoms with Crippen LogP contribution >= 0.6 is 0 Å². The number of nitrogens with zero attached hydrogens (tertiary/aromatic N) is 1. The lowest BCUT2D eigenvalue weighted by Gasteiger charge is -2.37. The highest BCUT2D eigenvalue weighted by molar-refractivity contribution is 5.95. The van der Waals surface area contributed by atoms with Crippen LogP contribution in [0.1, 0.15) is 24.2 Å². The molecule has 1 fully saturated rings. The summed E-state index contributed by atoms with van der Waals surface area (Å²) in [7, 11) is 0. The van der Waals surface area contributed by atoms with Gasteiger partial charge < -0.3 is 25.2 Å². The molecule has 1 aromatic rings. The van der Waals surface area contributed by atoms with Crippen LogP contribution in [0.5, 0.6) is 5.75 Å². The molecule has 0 radical (unpaired) electrons. The molecule has 6 nitrogen and oxygen atoms in total. The number of nitrogen functional groups attached to an aromatic ring is 1. The number of benzene rings is 1. The van der Waals surface area contributed by atoms with Gasteiger partial charge in [-0.1, -0.05) is 0 Å². The van der Waals surface area contributed by atoms with E-state index in [9.17, 15) is 9.90 Å². The highest BCUT2D eigenvalue weighted by Gasteiger charge is 2.30. The van der Waals surface area contributed by atoms with Crippen LogP contribution in [0.4, 0.5) is 5.69 Å². The van der Waals surface area contributed by atoms with E-state index in [2.05, 4.69) is 0 Å². The highest BCUT2D eigenvalue weighted by atomic mass is 16.5. The maximum atomic E-state index is 12.6. The van der Waals surface area contributed by atoms with Crippen molar-refractivity contribution in [2.24, 2.45) is 0 Å². The minimum Gasteiger partial charge on any atom is -0.492 e. The van der Waals surface area contributed by atoms with Gasteiger partial charge in [0.25, 0.3) is 5.91 Å². The largest absolute Gasteiger partial charge is 0.492 e. The number of hydrogen-bond donors (Lipinski definition) is 2. The summed E-state index contributed by atoms with van der Waals surface area (Å²) in [5, 5.41) is 9.19. The lowest BCUT2D eigenvalue weighted by molar-refractivity contribution is -0.0667. The Hall–Kier alpha value is -1.79. The molecular formula is C15H22N2O4. The summed E-state index contributed by atoms with van der Waals surface area (Å²) >= 11 is 0. The second-order valence-electron chi connectivity index (χ2n) is 5.13. The second-order valence-corrected chi connectivity index (χ2v) is 5.13. The summed E-state index contributed by atoms with van der Waals surface area (Å²) in [6.07, 6.45) is -0.329. The third-order valence-electron chi connectivity index (χ3n) is 3.53. The van der Waals surface area contributed by atoms with Crippen molar-refractivity contribution >= 4 is 11.6 Å². The van der Waals surface area contributed by atoms with Crippen LogP contribution in [-0.4, -0.2) is 54.4 Å². The molecule has 1 aromatic carbocycles. The molecule has 1 aliphatic rings. The molecule has 1 amide bonds. The van der Waals surface area contributed by atoms with E-state index in [1.165, 1.54) is 0 Å². The quantitative estimate of drug-likeness (QED) is 0.806. The van der Waals surface area contributed by atoms with Gasteiger partial charge in [0.1, 0.15) is 5.75 Å². The van der Waals surface area contributed by atoms with E-state index in [1.807, 2.05) is 13.8 Å². The Kier molecular flexibility index (Phi) is 5.03. The van der Waals surface area contributed by atoms with Gasteiger partial charge in [0, 0.05) is 12.1 Å². The number of ether oxygens (including phenoxy) is 2. The van der Waals surface area contributed by atoms with E-state index in [4.69, 9.17) is 15.2 Å². The number of rotatable bonds is 4. The van der Waals surface area contributed by atoms with Gasteiger partial charge in [-0.25, -0.2) is 0 Å². The molecule has 0 aromatic heterocycles. The topological polar surface area (TPSA) is 85.0 Å². The van der Waals surface area contributed by atoms with E-state index in [-0.39, 0.29) is 24.7 Å². The molecule has 2 atom stereocenters. The number of amides is 1. The third-order valence-corrected chi connectivity index (χ3v) is 3.53. The van der Waals surface area contributed by atoms with Crippen molar-refractivity contribution in [1.82, 2.24) is 4.90 Å². The van der Waals surface area contributed by atoms with Crippen molar-refractivity contribution in [3.8, 4) is 5.75 Å². The summed E-state index contributed by atoms with van der Waals surface area (Å²) in [6, 6.07) is 5.01. The van der Waals surface area contributed by atoms with Gasteiger partial charge >= 0.3 is 0 Å². The Bertz CT molecular complexity index is 506. The molecule has 21 heavy (non-hydrogen) atoms. The molecular weight excluding hydrogens is 272 g/mol. The first kappa shape index (κ1) is 15.6. The SMILES string of the molecule is CCOc1ccc(C(=O)N2CC(CO)OCC2C)cc1N. The number of morpholine rings is 1. The minimum absolute atomic E-state index is 0.0342. The van der Waals surface area contributed by atoms with Gasteiger partial charge in [0.05, 0.1) is 37.7 Å². The summed E-state index contributed by atoms with van der Waals surface area (Å²) < 4.78 is 10.8. The maximum Gasteiger partial charge on any atom is 0.254 e. The first-order valence-electron chi connectivity index (χ1n) is 7.12. The number of aliphatic hydroxyl groups excluding tert-OH is 1. The Morgan fingerprint density at radius 1 is 1.57 bits per heavy atom. The zero-order valence-electron chi connectivity index (χ0n) is 12.4. The van der Waals surface area contributed by atoms with Crippen LogP contribution in [0.2, 0.25) is 0 Å². The van der Waals surface area contributed by atoms with Gasteiger partial charge in [-0.05, 0) is 32.0 Å². The molecule has 3 N–H and O–H groups in total. The number of hydrogen-bond acceptors (Lipinski definition) is 5. The standard InChI is InChI=1S/C15H22N2O4/c1-3-20-14-5-4-11(6-13(14)16)15(19)17-7-12(8-18)21-9-10(17)2/h4-6,10,12,18H,3,7-9,16H2,1-2H3. The predicted molar refractivity (Wildman–Crippen MR) is 79.3 cm³/mol. The van der Waals surface area contributed by atoms with Crippen molar-refractivity contribution in [3.05, 3.63) is 23.8 Å². The van der Waals surface area contributed by atoms with E-state index in [1.54, 1.807) is 23.1 Å². The van der Waals surface area contributed by atoms with Crippen molar-refractivity contribution in [3.63, 3.8) is 0 Å². The van der Waals surface area contributed by atoms with Gasteiger partial charge in [-0.2, -0.15) is 0 Å². The molecule has 0 bridgehead atoms. The predicted octanol–water partition coefficient (Wildman–Crippen LogP) is 0.889. The van der Waals surface area contributed by atoms with E-state index in [0.29, 0.717) is 36.8 Å². The maximum absolute atomic E-state index is 12.6. The van der Waals surface area contributed by atoms with Crippen molar-refractivity contribution in [2.75, 3.05) is 32.1 Å². The van der Waals surface area contributed by atoms with Crippen molar-refractivity contribution in [2.45, 2.75) is 26.0 Å². The molecule has 0 aliphatic carbocycles. The fourth-order valence-corrected chi connectivity index (χ4v) is 2.35. The Morgan fingerprint density at radius 2 is 2.33 bits per heavy atom. The molecule has 1 heterocycles. The molecule has 6 heteroatoms. The number of aliphatic hydroxyl groups is 1. The molecule has 0 spiro atoms. The smallest absolute Gasteiger partial charge is 0.254 e. The number of anilines is 1. The van der Waals surface area contributed by atoms with Gasteiger partial charge in [0.15, 0.2) is 0 Å². The zero-order chi connectivity index (χ0) is 15.4. The Balaban J connectivity index is 2.16. The highest BCUT2D eigenvalue weighted by Crippen LogP contribution is 2.24. The van der Waals surface area contributed by atoms with Crippen LogP contribution in [0, 0.1) is 0 Å². The third kappa shape index (κ3) is 3.46. The molecule has 116 valence electrons.